The largest absolute Gasteiger partial charge is 0.444 e. The lowest BCUT2D eigenvalue weighted by Crippen LogP contribution is -2.33. The van der Waals surface area contributed by atoms with Crippen LogP contribution >= 0.6 is 0 Å². The SMILES string of the molecule is Cc1nn(CCCCNC(=O)OC(C)(C)C)c2cc(C(N)=O)ccc12. The number of nitrogens with two attached hydrogens (primary N) is 1. The standard InChI is InChI=1S/C18H26N4O3/c1-12-14-8-7-13(16(19)23)11-15(14)22(21-12)10-6-5-9-20-17(24)25-18(2,3)4/h7-8,11H,5-6,9-10H2,1-4H3,(H2,19,23)(H,20,24). The van der Waals surface area contributed by atoms with Crippen molar-refractivity contribution in [2.45, 2.75) is 52.7 Å². The Bertz CT molecular complexity index is 774. The number of nitrogens with zero attached hydrogens (tertiary/aromatic N) is 2. The lowest BCUT2D eigenvalue weighted by Gasteiger charge is -2.19. The highest BCUT2D eigenvalue weighted by Gasteiger charge is 2.15. The second-order valence-corrected chi connectivity index (χ2v) is 7.04. The van der Waals surface area contributed by atoms with Gasteiger partial charge in [-0.05, 0) is 52.7 Å². The molecule has 0 radical (unpaired) electrons. The van der Waals surface area contributed by atoms with Crippen molar-refractivity contribution < 1.29 is 14.3 Å². The summed E-state index contributed by atoms with van der Waals surface area (Å²) < 4.78 is 7.07. The zero-order valence-corrected chi connectivity index (χ0v) is 15.3. The number of carbonyl (C=O) groups is 2. The molecule has 2 rings (SSSR count). The first-order chi connectivity index (χ1) is 11.7. The topological polar surface area (TPSA) is 99.2 Å². The Labute approximate surface area is 147 Å². The zero-order valence-electron chi connectivity index (χ0n) is 15.3. The second kappa shape index (κ2) is 7.55. The molecule has 1 aromatic heterocycles. The van der Waals surface area contributed by atoms with Crippen molar-refractivity contribution >= 4 is 22.9 Å². The van der Waals surface area contributed by atoms with Crippen molar-refractivity contribution in [2.24, 2.45) is 5.73 Å². The van der Waals surface area contributed by atoms with Crippen LogP contribution < -0.4 is 11.1 Å². The molecule has 1 aromatic carbocycles. The van der Waals surface area contributed by atoms with Gasteiger partial charge in [-0.3, -0.25) is 9.48 Å². The summed E-state index contributed by atoms with van der Waals surface area (Å²) in [5, 5.41) is 8.27. The predicted octanol–water partition coefficient (Wildman–Crippen LogP) is 2.75. The van der Waals surface area contributed by atoms with Gasteiger partial charge in [-0.25, -0.2) is 4.79 Å². The van der Waals surface area contributed by atoms with Crippen molar-refractivity contribution in [1.82, 2.24) is 15.1 Å². The first kappa shape index (κ1) is 18.8. The summed E-state index contributed by atoms with van der Waals surface area (Å²) in [7, 11) is 0. The summed E-state index contributed by atoms with van der Waals surface area (Å²) in [5.74, 6) is -0.450. The molecule has 7 heteroatoms. The summed E-state index contributed by atoms with van der Waals surface area (Å²) in [5.41, 5.74) is 7.14. The Kier molecular flexibility index (Phi) is 5.66. The quantitative estimate of drug-likeness (QED) is 0.786. The molecular formula is C18H26N4O3. The number of primary amides is 1. The number of rotatable bonds is 6. The Balaban J connectivity index is 1.90. The average Bonchev–Trinajstić information content (AvgIpc) is 2.81. The summed E-state index contributed by atoms with van der Waals surface area (Å²) >= 11 is 0. The Morgan fingerprint density at radius 1 is 1.28 bits per heavy atom. The highest BCUT2D eigenvalue weighted by Crippen LogP contribution is 2.20. The van der Waals surface area contributed by atoms with Gasteiger partial charge in [0.05, 0.1) is 11.2 Å². The molecule has 0 unspecified atom stereocenters. The number of alkyl carbamates (subject to hydrolysis) is 1. The molecule has 0 aliphatic heterocycles. The van der Waals surface area contributed by atoms with Crippen molar-refractivity contribution in [1.29, 1.82) is 0 Å². The number of ether oxygens (including phenoxy) is 1. The fourth-order valence-corrected chi connectivity index (χ4v) is 2.55. The fraction of sp³-hybridized carbons (Fsp3) is 0.500. The van der Waals surface area contributed by atoms with E-state index in [1.165, 1.54) is 0 Å². The van der Waals surface area contributed by atoms with Crippen LogP contribution in [-0.2, 0) is 11.3 Å². The highest BCUT2D eigenvalue weighted by atomic mass is 16.6. The maximum absolute atomic E-state index is 11.6. The number of fused-ring (bicyclic) bond motifs is 1. The Morgan fingerprint density at radius 2 is 2.00 bits per heavy atom. The van der Waals surface area contributed by atoms with E-state index in [0.717, 1.165) is 29.4 Å². The molecule has 0 aliphatic rings. The number of nitrogens with one attached hydrogen (secondary N) is 1. The molecule has 136 valence electrons. The van der Waals surface area contributed by atoms with Crippen LogP contribution in [0.3, 0.4) is 0 Å². The smallest absolute Gasteiger partial charge is 0.407 e. The van der Waals surface area contributed by atoms with Crippen LogP contribution in [0.25, 0.3) is 10.9 Å². The van der Waals surface area contributed by atoms with Crippen LogP contribution in [0.15, 0.2) is 18.2 Å². The van der Waals surface area contributed by atoms with E-state index in [1.807, 2.05) is 38.4 Å². The van der Waals surface area contributed by atoms with Crippen LogP contribution in [0.5, 0.6) is 0 Å². The number of unbranched alkanes of at least 4 members (excludes halogenated alkanes) is 1. The van der Waals surface area contributed by atoms with Crippen LogP contribution in [0, 0.1) is 6.92 Å². The summed E-state index contributed by atoms with van der Waals surface area (Å²) in [6.45, 7) is 8.67. The van der Waals surface area contributed by atoms with E-state index >= 15 is 0 Å². The van der Waals surface area contributed by atoms with Gasteiger partial charge in [-0.15, -0.1) is 0 Å². The van der Waals surface area contributed by atoms with E-state index in [9.17, 15) is 9.59 Å². The van der Waals surface area contributed by atoms with Gasteiger partial charge in [0.25, 0.3) is 0 Å². The van der Waals surface area contributed by atoms with E-state index in [-0.39, 0.29) is 0 Å². The third-order valence-electron chi connectivity index (χ3n) is 3.69. The van der Waals surface area contributed by atoms with Gasteiger partial charge >= 0.3 is 6.09 Å². The van der Waals surface area contributed by atoms with Crippen LogP contribution in [-0.4, -0.2) is 33.9 Å². The maximum Gasteiger partial charge on any atom is 0.407 e. The molecule has 2 aromatic rings. The lowest BCUT2D eigenvalue weighted by atomic mass is 10.1. The molecule has 0 saturated carbocycles. The third kappa shape index (κ3) is 5.20. The van der Waals surface area contributed by atoms with Gasteiger partial charge in [0.1, 0.15) is 5.60 Å². The van der Waals surface area contributed by atoms with Crippen LogP contribution in [0.1, 0.15) is 49.7 Å². The molecule has 0 spiro atoms. The van der Waals surface area contributed by atoms with Gasteiger partial charge in [-0.1, -0.05) is 6.07 Å². The molecule has 7 nitrogen and oxygen atoms in total. The molecule has 0 bridgehead atoms. The van der Waals surface area contributed by atoms with Gasteiger partial charge in [0.2, 0.25) is 5.91 Å². The summed E-state index contributed by atoms with van der Waals surface area (Å²) in [6.07, 6.45) is 1.24. The number of carbonyl (C=O) groups excluding carboxylic acids is 2. The number of amides is 2. The van der Waals surface area contributed by atoms with E-state index in [2.05, 4.69) is 10.4 Å². The zero-order chi connectivity index (χ0) is 18.6. The second-order valence-electron chi connectivity index (χ2n) is 7.04. The minimum atomic E-state index is -0.492. The highest BCUT2D eigenvalue weighted by molar-refractivity contribution is 5.97. The average molecular weight is 346 g/mol. The minimum Gasteiger partial charge on any atom is -0.444 e. The monoisotopic (exact) mass is 346 g/mol. The van der Waals surface area contributed by atoms with E-state index in [4.69, 9.17) is 10.5 Å². The van der Waals surface area contributed by atoms with Crippen molar-refractivity contribution in [3.05, 3.63) is 29.5 Å². The van der Waals surface area contributed by atoms with Gasteiger partial charge in [0.15, 0.2) is 0 Å². The number of benzene rings is 1. The van der Waals surface area contributed by atoms with Crippen LogP contribution in [0.2, 0.25) is 0 Å². The van der Waals surface area contributed by atoms with Gasteiger partial charge in [0, 0.05) is 24.0 Å². The molecule has 3 N–H and O–H groups in total. The molecule has 25 heavy (non-hydrogen) atoms. The molecule has 0 aliphatic carbocycles. The Morgan fingerprint density at radius 3 is 2.64 bits per heavy atom. The fourth-order valence-electron chi connectivity index (χ4n) is 2.55. The Hall–Kier alpha value is -2.57. The number of aromatic nitrogens is 2. The molecule has 0 saturated heterocycles. The lowest BCUT2D eigenvalue weighted by molar-refractivity contribution is 0.0526. The van der Waals surface area contributed by atoms with Crippen molar-refractivity contribution in [2.75, 3.05) is 6.54 Å². The van der Waals surface area contributed by atoms with E-state index < -0.39 is 17.6 Å². The van der Waals surface area contributed by atoms with Crippen molar-refractivity contribution in [3.8, 4) is 0 Å². The first-order valence-electron chi connectivity index (χ1n) is 8.41. The summed E-state index contributed by atoms with van der Waals surface area (Å²) in [6, 6.07) is 5.36. The third-order valence-corrected chi connectivity index (χ3v) is 3.69. The minimum absolute atomic E-state index is 0.404. The van der Waals surface area contributed by atoms with Crippen LogP contribution in [0.4, 0.5) is 4.79 Å². The van der Waals surface area contributed by atoms with Gasteiger partial charge in [-0.2, -0.15) is 5.10 Å². The van der Waals surface area contributed by atoms with Gasteiger partial charge < -0.3 is 15.8 Å². The molecule has 2 amide bonds. The first-order valence-corrected chi connectivity index (χ1v) is 8.41. The number of hydrogen-bond acceptors (Lipinski definition) is 4. The molecule has 0 fully saturated rings. The molecule has 1 heterocycles. The number of aryl methyl sites for hydroxylation is 2. The van der Waals surface area contributed by atoms with E-state index in [1.54, 1.807) is 12.1 Å². The molecular weight excluding hydrogens is 320 g/mol. The molecule has 0 atom stereocenters. The van der Waals surface area contributed by atoms with E-state index in [0.29, 0.717) is 18.7 Å². The maximum atomic E-state index is 11.6. The van der Waals surface area contributed by atoms with Crippen molar-refractivity contribution in [3.63, 3.8) is 0 Å². The summed E-state index contributed by atoms with van der Waals surface area (Å²) in [4.78, 5) is 22.9. The predicted molar refractivity (Wildman–Crippen MR) is 96.5 cm³/mol. The normalized spacial score (nSPS) is 11.5. The number of hydrogen-bond donors (Lipinski definition) is 2.